The van der Waals surface area contributed by atoms with Crippen LogP contribution < -0.4 is 5.32 Å². The Hall–Kier alpha value is -0.860. The summed E-state index contributed by atoms with van der Waals surface area (Å²) in [5.41, 5.74) is 1.78. The van der Waals surface area contributed by atoms with E-state index in [1.165, 1.54) is 31.4 Å². The van der Waals surface area contributed by atoms with Gasteiger partial charge in [-0.3, -0.25) is 4.90 Å². The molecular formula is C19H30N2. The third-order valence-electron chi connectivity index (χ3n) is 5.49. The highest BCUT2D eigenvalue weighted by Crippen LogP contribution is 2.45. The maximum Gasteiger partial charge on any atom is 0.0634 e. The van der Waals surface area contributed by atoms with Crippen LogP contribution in [-0.4, -0.2) is 23.7 Å². The maximum atomic E-state index is 3.81. The van der Waals surface area contributed by atoms with Crippen LogP contribution in [0.3, 0.4) is 0 Å². The average molecular weight is 286 g/mol. The molecule has 0 saturated carbocycles. The second-order valence-electron chi connectivity index (χ2n) is 7.95. The minimum atomic E-state index is 0.335. The van der Waals surface area contributed by atoms with Gasteiger partial charge in [-0.25, -0.2) is 0 Å². The number of hydrogen-bond acceptors (Lipinski definition) is 2. The van der Waals surface area contributed by atoms with Gasteiger partial charge in [0.25, 0.3) is 0 Å². The minimum absolute atomic E-state index is 0.335. The topological polar surface area (TPSA) is 15.3 Å². The van der Waals surface area contributed by atoms with Crippen molar-refractivity contribution >= 4 is 0 Å². The van der Waals surface area contributed by atoms with Gasteiger partial charge in [-0.2, -0.15) is 0 Å². The highest BCUT2D eigenvalue weighted by molar-refractivity contribution is 5.20. The van der Waals surface area contributed by atoms with Gasteiger partial charge in [0.2, 0.25) is 0 Å². The van der Waals surface area contributed by atoms with Crippen LogP contribution in [0.25, 0.3) is 0 Å². The third kappa shape index (κ3) is 2.89. The summed E-state index contributed by atoms with van der Waals surface area (Å²) >= 11 is 0. The molecule has 4 atom stereocenters. The van der Waals surface area contributed by atoms with Gasteiger partial charge < -0.3 is 5.32 Å². The zero-order chi connectivity index (χ0) is 15.0. The minimum Gasteiger partial charge on any atom is -0.301 e. The largest absolute Gasteiger partial charge is 0.301 e. The normalized spacial score (nSPS) is 31.9. The molecular weight excluding hydrogens is 256 g/mol. The van der Waals surface area contributed by atoms with E-state index in [4.69, 9.17) is 0 Å². The molecule has 3 unspecified atom stereocenters. The lowest BCUT2D eigenvalue weighted by Gasteiger charge is -2.43. The molecule has 0 aliphatic carbocycles. The van der Waals surface area contributed by atoms with Crippen molar-refractivity contribution in [1.29, 1.82) is 0 Å². The van der Waals surface area contributed by atoms with E-state index in [0.29, 0.717) is 23.7 Å². The van der Waals surface area contributed by atoms with Crippen LogP contribution in [0.4, 0.5) is 0 Å². The first-order chi connectivity index (χ1) is 9.98. The quantitative estimate of drug-likeness (QED) is 0.877. The fourth-order valence-electron chi connectivity index (χ4n) is 4.35. The van der Waals surface area contributed by atoms with Crippen LogP contribution in [0.5, 0.6) is 0 Å². The molecule has 2 heteroatoms. The van der Waals surface area contributed by atoms with Crippen LogP contribution in [0.1, 0.15) is 58.6 Å². The third-order valence-corrected chi connectivity index (χ3v) is 5.49. The number of fused-ring (bicyclic) bond motifs is 1. The van der Waals surface area contributed by atoms with Gasteiger partial charge in [-0.1, -0.05) is 51.1 Å². The fourth-order valence-corrected chi connectivity index (χ4v) is 4.35. The van der Waals surface area contributed by atoms with Gasteiger partial charge in [0.15, 0.2) is 0 Å². The number of rotatable bonds is 2. The van der Waals surface area contributed by atoms with Crippen molar-refractivity contribution in [2.24, 2.45) is 11.3 Å². The van der Waals surface area contributed by atoms with Crippen LogP contribution in [0.2, 0.25) is 0 Å². The molecule has 2 nitrogen and oxygen atoms in total. The Morgan fingerprint density at radius 3 is 2.57 bits per heavy atom. The summed E-state index contributed by atoms with van der Waals surface area (Å²) in [6, 6.07) is 12.1. The van der Waals surface area contributed by atoms with E-state index in [1.54, 1.807) is 0 Å². The number of nitrogens with one attached hydrogen (secondary N) is 1. The summed E-state index contributed by atoms with van der Waals surface area (Å²) in [5, 5.41) is 3.81. The lowest BCUT2D eigenvalue weighted by molar-refractivity contribution is 0.0461. The van der Waals surface area contributed by atoms with E-state index in [-0.39, 0.29) is 0 Å². The van der Waals surface area contributed by atoms with E-state index in [0.717, 1.165) is 5.92 Å². The van der Waals surface area contributed by atoms with Crippen LogP contribution in [0.15, 0.2) is 30.3 Å². The van der Waals surface area contributed by atoms with Crippen molar-refractivity contribution in [3.05, 3.63) is 35.9 Å². The molecule has 2 fully saturated rings. The molecule has 2 heterocycles. The van der Waals surface area contributed by atoms with E-state index in [9.17, 15) is 0 Å². The smallest absolute Gasteiger partial charge is 0.0634 e. The molecule has 2 saturated heterocycles. The Morgan fingerprint density at radius 2 is 1.90 bits per heavy atom. The van der Waals surface area contributed by atoms with E-state index >= 15 is 0 Å². The molecule has 0 amide bonds. The first-order valence-corrected chi connectivity index (χ1v) is 8.54. The van der Waals surface area contributed by atoms with E-state index in [2.05, 4.69) is 68.2 Å². The summed E-state index contributed by atoms with van der Waals surface area (Å²) in [5.74, 6) is 0.828. The predicted molar refractivity (Wildman–Crippen MR) is 89.1 cm³/mol. The highest BCUT2D eigenvalue weighted by atomic mass is 15.3. The summed E-state index contributed by atoms with van der Waals surface area (Å²) in [6.07, 6.45) is 4.64. The summed E-state index contributed by atoms with van der Waals surface area (Å²) in [7, 11) is 0. The number of benzene rings is 1. The van der Waals surface area contributed by atoms with Gasteiger partial charge in [-0.05, 0) is 49.6 Å². The fraction of sp³-hybridized carbons (Fsp3) is 0.684. The van der Waals surface area contributed by atoms with Crippen molar-refractivity contribution < 1.29 is 0 Å². The van der Waals surface area contributed by atoms with Crippen molar-refractivity contribution in [1.82, 2.24) is 10.2 Å². The number of piperidine rings is 1. The van der Waals surface area contributed by atoms with E-state index < -0.39 is 0 Å². The highest BCUT2D eigenvalue weighted by Gasteiger charge is 2.48. The molecule has 3 rings (SSSR count). The molecule has 21 heavy (non-hydrogen) atoms. The first-order valence-electron chi connectivity index (χ1n) is 8.54. The zero-order valence-corrected chi connectivity index (χ0v) is 14.0. The second kappa shape index (κ2) is 5.73. The molecule has 0 bridgehead atoms. The number of nitrogens with zero attached hydrogens (tertiary/aromatic N) is 1. The van der Waals surface area contributed by atoms with E-state index in [1.807, 2.05) is 0 Å². The Morgan fingerprint density at radius 1 is 1.19 bits per heavy atom. The lowest BCUT2D eigenvalue weighted by atomic mass is 9.82. The molecule has 0 aromatic heterocycles. The molecule has 0 radical (unpaired) electrons. The van der Waals surface area contributed by atoms with Gasteiger partial charge in [0, 0.05) is 12.1 Å². The number of likely N-dealkylation sites (tertiary alicyclic amines) is 1. The van der Waals surface area contributed by atoms with Crippen molar-refractivity contribution in [3.63, 3.8) is 0 Å². The molecule has 1 aromatic rings. The van der Waals surface area contributed by atoms with Crippen molar-refractivity contribution in [2.75, 3.05) is 6.54 Å². The molecule has 2 aliphatic heterocycles. The molecule has 1 N–H and O–H groups in total. The first kappa shape index (κ1) is 15.1. The molecule has 0 spiro atoms. The lowest BCUT2D eigenvalue weighted by Crippen LogP contribution is -2.52. The molecule has 2 aliphatic rings. The summed E-state index contributed by atoms with van der Waals surface area (Å²) in [4.78, 5) is 2.78. The van der Waals surface area contributed by atoms with Gasteiger partial charge >= 0.3 is 0 Å². The standard InChI is InChI=1S/C19H30N2/c1-14(15-9-6-5-7-10-15)21-17(19(2,3)4)13-16-11-8-12-20-18(16)21/h5-7,9-10,14,16-18,20H,8,11-13H2,1-4H3/t14-,16?,17?,18?/m1/s1. The average Bonchev–Trinajstić information content (AvgIpc) is 2.87. The molecule has 116 valence electrons. The van der Waals surface area contributed by atoms with Gasteiger partial charge in [0.05, 0.1) is 6.17 Å². The van der Waals surface area contributed by atoms with Crippen LogP contribution in [-0.2, 0) is 0 Å². The summed E-state index contributed by atoms with van der Waals surface area (Å²) in [6.45, 7) is 10.8. The Balaban J connectivity index is 1.91. The second-order valence-corrected chi connectivity index (χ2v) is 7.95. The van der Waals surface area contributed by atoms with Crippen molar-refractivity contribution in [3.8, 4) is 0 Å². The Bertz CT molecular complexity index is 462. The summed E-state index contributed by atoms with van der Waals surface area (Å²) < 4.78 is 0. The number of hydrogen-bond donors (Lipinski definition) is 1. The SMILES string of the molecule is C[C@H](c1ccccc1)N1C2NCCCC2CC1C(C)(C)C. The molecule has 1 aromatic carbocycles. The van der Waals surface area contributed by atoms with Crippen LogP contribution in [0, 0.1) is 11.3 Å². The van der Waals surface area contributed by atoms with Crippen LogP contribution >= 0.6 is 0 Å². The predicted octanol–water partition coefficient (Wildman–Crippen LogP) is 4.19. The van der Waals surface area contributed by atoms with Crippen molar-refractivity contribution in [2.45, 2.75) is 65.2 Å². The monoisotopic (exact) mass is 286 g/mol. The Kier molecular flexibility index (Phi) is 4.11. The maximum absolute atomic E-state index is 3.81. The van der Waals surface area contributed by atoms with Gasteiger partial charge in [0.1, 0.15) is 0 Å². The zero-order valence-electron chi connectivity index (χ0n) is 14.0. The van der Waals surface area contributed by atoms with Gasteiger partial charge in [-0.15, -0.1) is 0 Å². The Labute approximate surface area is 129 Å².